The van der Waals surface area contributed by atoms with Gasteiger partial charge >= 0.3 is 0 Å². The summed E-state index contributed by atoms with van der Waals surface area (Å²) in [6, 6.07) is 1.52. The first-order chi connectivity index (χ1) is 9.63. The smallest absolute Gasteiger partial charge is 0.242 e. The van der Waals surface area contributed by atoms with Gasteiger partial charge in [-0.2, -0.15) is 0 Å². The fourth-order valence-electron chi connectivity index (χ4n) is 1.88. The molecular weight excluding hydrogens is 254 g/mol. The van der Waals surface area contributed by atoms with Crippen molar-refractivity contribution in [3.8, 4) is 0 Å². The maximum atomic E-state index is 11.9. The number of rotatable bonds is 7. The number of carbonyl (C=O) groups excluding carboxylic acids is 1. The lowest BCUT2D eigenvalue weighted by atomic mass is 10.3. The van der Waals surface area contributed by atoms with Crippen LogP contribution in [0.4, 0.5) is 11.6 Å². The van der Waals surface area contributed by atoms with Gasteiger partial charge in [-0.15, -0.1) is 0 Å². The molecule has 1 amide bonds. The summed E-state index contributed by atoms with van der Waals surface area (Å²) < 4.78 is 0. The first kappa shape index (κ1) is 14.6. The molecular formula is C14H23N5O. The van der Waals surface area contributed by atoms with Gasteiger partial charge in [-0.05, 0) is 26.2 Å². The van der Waals surface area contributed by atoms with Crippen LogP contribution in [0.5, 0.6) is 0 Å². The largest absolute Gasteiger partial charge is 0.373 e. The summed E-state index contributed by atoms with van der Waals surface area (Å²) in [5.74, 6) is 2.81. The summed E-state index contributed by atoms with van der Waals surface area (Å²) in [5.41, 5.74) is 0. The predicted octanol–water partition coefficient (Wildman–Crippen LogP) is 1.72. The average Bonchev–Trinajstić information content (AvgIpc) is 3.28. The number of nitrogens with zero attached hydrogens (tertiary/aromatic N) is 2. The Hall–Kier alpha value is -1.85. The van der Waals surface area contributed by atoms with E-state index in [1.807, 2.05) is 27.0 Å². The Morgan fingerprint density at radius 2 is 2.10 bits per heavy atom. The van der Waals surface area contributed by atoms with Crippen molar-refractivity contribution >= 4 is 17.5 Å². The number of hydrogen-bond acceptors (Lipinski definition) is 5. The van der Waals surface area contributed by atoms with Gasteiger partial charge in [0.25, 0.3) is 0 Å². The summed E-state index contributed by atoms with van der Waals surface area (Å²) in [4.78, 5) is 20.8. The van der Waals surface area contributed by atoms with Crippen LogP contribution in [0.3, 0.4) is 0 Å². The van der Waals surface area contributed by atoms with Crippen molar-refractivity contribution < 1.29 is 4.79 Å². The molecule has 0 aliphatic heterocycles. The van der Waals surface area contributed by atoms with Gasteiger partial charge < -0.3 is 16.0 Å². The number of amides is 1. The number of carbonyl (C=O) groups is 1. The van der Waals surface area contributed by atoms with Crippen LogP contribution in [0.1, 0.15) is 44.9 Å². The highest BCUT2D eigenvalue weighted by Gasteiger charge is 2.27. The van der Waals surface area contributed by atoms with Crippen molar-refractivity contribution in [3.05, 3.63) is 11.9 Å². The zero-order valence-corrected chi connectivity index (χ0v) is 12.4. The Kier molecular flexibility index (Phi) is 4.76. The second kappa shape index (κ2) is 6.54. The summed E-state index contributed by atoms with van der Waals surface area (Å²) in [6.07, 6.45) is 3.24. The second-order valence-electron chi connectivity index (χ2n) is 5.18. The molecule has 3 N–H and O–H groups in total. The third-order valence-corrected chi connectivity index (χ3v) is 3.25. The molecule has 0 aromatic carbocycles. The lowest BCUT2D eigenvalue weighted by Crippen LogP contribution is -2.38. The van der Waals surface area contributed by atoms with Gasteiger partial charge in [0.2, 0.25) is 5.91 Å². The van der Waals surface area contributed by atoms with Crippen LogP contribution in [-0.4, -0.2) is 35.5 Å². The molecule has 0 spiro atoms. The number of anilines is 2. The van der Waals surface area contributed by atoms with E-state index in [-0.39, 0.29) is 11.9 Å². The molecule has 0 bridgehead atoms. The zero-order valence-electron chi connectivity index (χ0n) is 12.4. The number of aromatic nitrogens is 2. The fourth-order valence-corrected chi connectivity index (χ4v) is 1.88. The Balaban J connectivity index is 2.04. The van der Waals surface area contributed by atoms with Crippen LogP contribution >= 0.6 is 0 Å². The summed E-state index contributed by atoms with van der Waals surface area (Å²) >= 11 is 0. The predicted molar refractivity (Wildman–Crippen MR) is 79.9 cm³/mol. The Morgan fingerprint density at radius 1 is 1.40 bits per heavy atom. The van der Waals surface area contributed by atoms with E-state index < -0.39 is 0 Å². The van der Waals surface area contributed by atoms with E-state index in [4.69, 9.17) is 0 Å². The molecule has 0 radical (unpaired) electrons. The summed E-state index contributed by atoms with van der Waals surface area (Å²) in [5, 5.41) is 9.05. The molecule has 6 heteroatoms. The molecule has 1 fully saturated rings. The SMILES string of the molecule is CCCNC(=O)C(C)Nc1cc(NC)nc(C2CC2)n1. The standard InChI is InChI=1S/C14H23N5O/c1-4-7-16-14(20)9(2)17-12-8-11(15-3)18-13(19-12)10-5-6-10/h8-10H,4-7H2,1-3H3,(H,16,20)(H2,15,17,18,19). The van der Waals surface area contributed by atoms with Crippen molar-refractivity contribution in [2.24, 2.45) is 0 Å². The monoisotopic (exact) mass is 277 g/mol. The van der Waals surface area contributed by atoms with Gasteiger partial charge in [0.1, 0.15) is 23.5 Å². The molecule has 2 rings (SSSR count). The van der Waals surface area contributed by atoms with E-state index in [1.165, 1.54) is 0 Å². The quantitative estimate of drug-likeness (QED) is 0.707. The maximum absolute atomic E-state index is 11.9. The Labute approximate surface area is 119 Å². The third kappa shape index (κ3) is 3.82. The van der Waals surface area contributed by atoms with E-state index in [0.29, 0.717) is 18.3 Å². The zero-order chi connectivity index (χ0) is 14.5. The molecule has 1 aliphatic carbocycles. The lowest BCUT2D eigenvalue weighted by Gasteiger charge is -2.15. The van der Waals surface area contributed by atoms with Crippen LogP contribution in [0, 0.1) is 0 Å². The van der Waals surface area contributed by atoms with Crippen molar-refractivity contribution in [2.45, 2.75) is 45.1 Å². The van der Waals surface area contributed by atoms with Crippen molar-refractivity contribution in [1.29, 1.82) is 0 Å². The van der Waals surface area contributed by atoms with Crippen molar-refractivity contribution in [2.75, 3.05) is 24.2 Å². The fraction of sp³-hybridized carbons (Fsp3) is 0.643. The molecule has 0 saturated heterocycles. The minimum Gasteiger partial charge on any atom is -0.373 e. The van der Waals surface area contributed by atoms with Crippen molar-refractivity contribution in [3.63, 3.8) is 0 Å². The van der Waals surface area contributed by atoms with E-state index >= 15 is 0 Å². The molecule has 1 aromatic heterocycles. The third-order valence-electron chi connectivity index (χ3n) is 3.25. The topological polar surface area (TPSA) is 78.9 Å². The average molecular weight is 277 g/mol. The van der Waals surface area contributed by atoms with E-state index in [2.05, 4.69) is 25.9 Å². The van der Waals surface area contributed by atoms with Crippen LogP contribution in [0.2, 0.25) is 0 Å². The van der Waals surface area contributed by atoms with E-state index in [1.54, 1.807) is 0 Å². The van der Waals surface area contributed by atoms with Gasteiger partial charge in [0.05, 0.1) is 0 Å². The summed E-state index contributed by atoms with van der Waals surface area (Å²) in [7, 11) is 1.83. The molecule has 1 unspecified atom stereocenters. The van der Waals surface area contributed by atoms with Gasteiger partial charge in [-0.25, -0.2) is 9.97 Å². The highest BCUT2D eigenvalue weighted by Crippen LogP contribution is 2.38. The second-order valence-corrected chi connectivity index (χ2v) is 5.18. The molecule has 1 heterocycles. The summed E-state index contributed by atoms with van der Waals surface area (Å²) in [6.45, 7) is 4.57. The molecule has 1 aromatic rings. The lowest BCUT2D eigenvalue weighted by molar-refractivity contribution is -0.121. The molecule has 6 nitrogen and oxygen atoms in total. The highest BCUT2D eigenvalue weighted by atomic mass is 16.2. The number of hydrogen-bond donors (Lipinski definition) is 3. The van der Waals surface area contributed by atoms with E-state index in [9.17, 15) is 4.79 Å². The normalized spacial score (nSPS) is 15.6. The van der Waals surface area contributed by atoms with Crippen LogP contribution in [-0.2, 0) is 4.79 Å². The molecule has 1 aliphatic rings. The van der Waals surface area contributed by atoms with Gasteiger partial charge in [0, 0.05) is 25.6 Å². The molecule has 110 valence electrons. The molecule has 1 atom stereocenters. The van der Waals surface area contributed by atoms with Gasteiger partial charge in [0.15, 0.2) is 0 Å². The number of nitrogens with one attached hydrogen (secondary N) is 3. The molecule has 1 saturated carbocycles. The first-order valence-corrected chi connectivity index (χ1v) is 7.25. The minimum atomic E-state index is -0.312. The maximum Gasteiger partial charge on any atom is 0.242 e. The van der Waals surface area contributed by atoms with Crippen molar-refractivity contribution in [1.82, 2.24) is 15.3 Å². The van der Waals surface area contributed by atoms with Gasteiger partial charge in [-0.3, -0.25) is 4.79 Å². The minimum absolute atomic E-state index is 0.00978. The Morgan fingerprint density at radius 3 is 2.70 bits per heavy atom. The van der Waals surface area contributed by atoms with E-state index in [0.717, 1.165) is 30.9 Å². The Bertz CT molecular complexity index is 473. The van der Waals surface area contributed by atoms with Crippen LogP contribution in [0.25, 0.3) is 0 Å². The molecule has 20 heavy (non-hydrogen) atoms. The van der Waals surface area contributed by atoms with Crippen LogP contribution < -0.4 is 16.0 Å². The highest BCUT2D eigenvalue weighted by molar-refractivity contribution is 5.83. The van der Waals surface area contributed by atoms with Crippen LogP contribution in [0.15, 0.2) is 6.07 Å². The van der Waals surface area contributed by atoms with Gasteiger partial charge in [-0.1, -0.05) is 6.92 Å². The first-order valence-electron chi connectivity index (χ1n) is 7.25.